The highest BCUT2D eigenvalue weighted by atomic mass is 16.5. The second kappa shape index (κ2) is 9.45. The van der Waals surface area contributed by atoms with E-state index in [1.165, 1.54) is 0 Å². The van der Waals surface area contributed by atoms with Crippen molar-refractivity contribution in [2.24, 2.45) is 5.73 Å². The quantitative estimate of drug-likeness (QED) is 0.466. The van der Waals surface area contributed by atoms with Crippen molar-refractivity contribution in [1.82, 2.24) is 24.6 Å². The third-order valence-electron chi connectivity index (χ3n) is 5.67. The second-order valence-corrected chi connectivity index (χ2v) is 8.67. The predicted molar refractivity (Wildman–Crippen MR) is 127 cm³/mol. The molecule has 10 nitrogen and oxygen atoms in total. The van der Waals surface area contributed by atoms with E-state index in [9.17, 15) is 4.79 Å². The van der Waals surface area contributed by atoms with Crippen LogP contribution < -0.4 is 21.5 Å². The van der Waals surface area contributed by atoms with Gasteiger partial charge in [0.2, 0.25) is 5.88 Å². The summed E-state index contributed by atoms with van der Waals surface area (Å²) in [5.41, 5.74) is 13.3. The number of carbonyl (C=O) groups excluding carboxylic acids is 1. The minimum Gasteiger partial charge on any atom is -0.437 e. The first-order chi connectivity index (χ1) is 15.8. The average Bonchev–Trinajstić information content (AvgIpc) is 3.22. The number of carbonyl (C=O) groups is 1. The number of nitrogens with one attached hydrogen (secondary N) is 1. The first-order valence-corrected chi connectivity index (χ1v) is 11.0. The van der Waals surface area contributed by atoms with Crippen LogP contribution in [-0.4, -0.2) is 50.7 Å². The number of hydrogen-bond acceptors (Lipinski definition) is 8. The van der Waals surface area contributed by atoms with E-state index in [4.69, 9.17) is 16.2 Å². The van der Waals surface area contributed by atoms with Gasteiger partial charge in [-0.05, 0) is 45.1 Å². The van der Waals surface area contributed by atoms with Crippen LogP contribution in [0.5, 0.6) is 11.6 Å². The number of likely N-dealkylation sites (tertiary alicyclic amines) is 1. The number of nitrogen functional groups attached to an aromatic ring is 1. The molecule has 0 radical (unpaired) electrons. The summed E-state index contributed by atoms with van der Waals surface area (Å²) in [5.74, 6) is 0.302. The Morgan fingerprint density at radius 2 is 2.00 bits per heavy atom. The Bertz CT molecular complexity index is 1140. The summed E-state index contributed by atoms with van der Waals surface area (Å²) in [5, 5.41) is 7.66. The maximum atomic E-state index is 12.2. The number of aromatic nitrogens is 4. The van der Waals surface area contributed by atoms with Gasteiger partial charge in [-0.3, -0.25) is 9.48 Å². The van der Waals surface area contributed by atoms with E-state index in [1.807, 2.05) is 24.7 Å². The Kier molecular flexibility index (Phi) is 6.45. The molecule has 0 bridgehead atoms. The highest BCUT2D eigenvalue weighted by Gasteiger charge is 2.23. The average molecular weight is 451 g/mol. The van der Waals surface area contributed by atoms with E-state index in [2.05, 4.69) is 32.3 Å². The molecule has 2 aromatic heterocycles. The van der Waals surface area contributed by atoms with Gasteiger partial charge < -0.3 is 26.4 Å². The van der Waals surface area contributed by atoms with Crippen molar-refractivity contribution in [2.45, 2.75) is 38.6 Å². The highest BCUT2D eigenvalue weighted by molar-refractivity contribution is 5.96. The molecule has 0 saturated carbocycles. The SMILES string of the molecule is CC(C)c1nc(C(N)=O)c(Nc2cnn(C3CCN(C)CC3)c2)nc1Oc1cccc(N)c1. The molecule has 1 aromatic carbocycles. The molecule has 3 heterocycles. The fourth-order valence-electron chi connectivity index (χ4n) is 3.83. The fourth-order valence-corrected chi connectivity index (χ4v) is 3.83. The predicted octanol–water partition coefficient (Wildman–Crippen LogP) is 3.28. The molecule has 174 valence electrons. The molecule has 0 unspecified atom stereocenters. The summed E-state index contributed by atoms with van der Waals surface area (Å²) >= 11 is 0. The van der Waals surface area contributed by atoms with E-state index in [-0.39, 0.29) is 23.3 Å². The van der Waals surface area contributed by atoms with Gasteiger partial charge in [0.25, 0.3) is 5.91 Å². The number of nitrogens with zero attached hydrogens (tertiary/aromatic N) is 5. The zero-order chi connectivity index (χ0) is 23.5. The van der Waals surface area contributed by atoms with Crippen molar-refractivity contribution in [3.8, 4) is 11.6 Å². The Labute approximate surface area is 193 Å². The molecule has 1 saturated heterocycles. The van der Waals surface area contributed by atoms with Gasteiger partial charge in [0, 0.05) is 23.9 Å². The Balaban J connectivity index is 1.64. The van der Waals surface area contributed by atoms with Gasteiger partial charge in [0.15, 0.2) is 11.5 Å². The lowest BCUT2D eigenvalue weighted by atomic mass is 10.1. The third-order valence-corrected chi connectivity index (χ3v) is 5.67. The highest BCUT2D eigenvalue weighted by Crippen LogP contribution is 2.32. The molecule has 33 heavy (non-hydrogen) atoms. The van der Waals surface area contributed by atoms with Crippen LogP contribution in [0.2, 0.25) is 0 Å². The van der Waals surface area contributed by atoms with Crippen LogP contribution >= 0.6 is 0 Å². The first-order valence-electron chi connectivity index (χ1n) is 11.0. The molecule has 1 amide bonds. The summed E-state index contributed by atoms with van der Waals surface area (Å²) in [6.45, 7) is 5.96. The molecule has 5 N–H and O–H groups in total. The molecule has 10 heteroatoms. The number of anilines is 3. The maximum absolute atomic E-state index is 12.2. The lowest BCUT2D eigenvalue weighted by Gasteiger charge is -2.28. The molecule has 1 aliphatic heterocycles. The van der Waals surface area contributed by atoms with Gasteiger partial charge in [-0.2, -0.15) is 10.1 Å². The first kappa shape index (κ1) is 22.5. The molecule has 1 aliphatic rings. The van der Waals surface area contributed by atoms with Crippen molar-refractivity contribution in [2.75, 3.05) is 31.2 Å². The molecular formula is C23H30N8O2. The van der Waals surface area contributed by atoms with Gasteiger partial charge in [-0.1, -0.05) is 19.9 Å². The number of ether oxygens (including phenoxy) is 1. The Hall–Kier alpha value is -3.66. The monoisotopic (exact) mass is 450 g/mol. The zero-order valence-corrected chi connectivity index (χ0v) is 19.2. The molecular weight excluding hydrogens is 420 g/mol. The lowest BCUT2D eigenvalue weighted by molar-refractivity contribution is 0.0995. The summed E-state index contributed by atoms with van der Waals surface area (Å²) in [6, 6.07) is 7.38. The van der Waals surface area contributed by atoms with Crippen LogP contribution in [0.1, 0.15) is 54.8 Å². The number of benzene rings is 1. The normalized spacial score (nSPS) is 15.0. The van der Waals surface area contributed by atoms with Crippen LogP contribution in [0.3, 0.4) is 0 Å². The standard InChI is InChI=1S/C23H30N8O2/c1-14(2)19-23(33-18-6-4-5-15(24)11-18)29-22(20(28-19)21(25)32)27-16-12-26-31(13-16)17-7-9-30(3)10-8-17/h4-6,11-14,17H,7-10,24H2,1-3H3,(H2,25,32)(H,27,29). The number of amides is 1. The van der Waals surface area contributed by atoms with Gasteiger partial charge in [-0.25, -0.2) is 4.98 Å². The summed E-state index contributed by atoms with van der Waals surface area (Å²) < 4.78 is 7.96. The van der Waals surface area contributed by atoms with E-state index >= 15 is 0 Å². The molecule has 0 atom stereocenters. The van der Waals surface area contributed by atoms with Crippen molar-refractivity contribution < 1.29 is 9.53 Å². The maximum Gasteiger partial charge on any atom is 0.271 e. The number of piperidine rings is 1. The minimum absolute atomic E-state index is 0.0469. The zero-order valence-electron chi connectivity index (χ0n) is 19.2. The van der Waals surface area contributed by atoms with E-state index < -0.39 is 5.91 Å². The van der Waals surface area contributed by atoms with Crippen molar-refractivity contribution in [1.29, 1.82) is 0 Å². The third kappa shape index (κ3) is 5.23. The number of hydrogen-bond donors (Lipinski definition) is 3. The number of rotatable bonds is 7. The van der Waals surface area contributed by atoms with Crippen LogP contribution in [0, 0.1) is 0 Å². The Morgan fingerprint density at radius 3 is 2.67 bits per heavy atom. The molecule has 0 aliphatic carbocycles. The van der Waals surface area contributed by atoms with Crippen molar-refractivity contribution in [3.05, 3.63) is 48.0 Å². The topological polar surface area (TPSA) is 137 Å². The van der Waals surface area contributed by atoms with E-state index in [0.717, 1.165) is 25.9 Å². The van der Waals surface area contributed by atoms with Crippen LogP contribution in [0.4, 0.5) is 17.2 Å². The van der Waals surface area contributed by atoms with Crippen LogP contribution in [-0.2, 0) is 0 Å². The summed E-state index contributed by atoms with van der Waals surface area (Å²) in [7, 11) is 2.13. The second-order valence-electron chi connectivity index (χ2n) is 8.67. The van der Waals surface area contributed by atoms with Crippen molar-refractivity contribution >= 4 is 23.1 Å². The van der Waals surface area contributed by atoms with Gasteiger partial charge in [-0.15, -0.1) is 0 Å². The fraction of sp³-hybridized carbons (Fsp3) is 0.391. The van der Waals surface area contributed by atoms with Gasteiger partial charge >= 0.3 is 0 Å². The molecule has 0 spiro atoms. The van der Waals surface area contributed by atoms with Gasteiger partial charge in [0.05, 0.1) is 17.9 Å². The van der Waals surface area contributed by atoms with Gasteiger partial charge in [0.1, 0.15) is 11.4 Å². The number of nitrogens with two attached hydrogens (primary N) is 2. The molecule has 3 aromatic rings. The molecule has 1 fully saturated rings. The molecule has 4 rings (SSSR count). The number of primary amides is 1. The van der Waals surface area contributed by atoms with Crippen LogP contribution in [0.25, 0.3) is 0 Å². The van der Waals surface area contributed by atoms with Crippen molar-refractivity contribution in [3.63, 3.8) is 0 Å². The smallest absolute Gasteiger partial charge is 0.271 e. The lowest BCUT2D eigenvalue weighted by Crippen LogP contribution is -2.31. The summed E-state index contributed by atoms with van der Waals surface area (Å²) in [6.07, 6.45) is 5.69. The minimum atomic E-state index is -0.676. The van der Waals surface area contributed by atoms with E-state index in [0.29, 0.717) is 28.9 Å². The Morgan fingerprint density at radius 1 is 1.24 bits per heavy atom. The van der Waals surface area contributed by atoms with Crippen LogP contribution in [0.15, 0.2) is 36.7 Å². The largest absolute Gasteiger partial charge is 0.437 e. The summed E-state index contributed by atoms with van der Waals surface area (Å²) in [4.78, 5) is 23.6. The van der Waals surface area contributed by atoms with E-state index in [1.54, 1.807) is 30.5 Å².